The third kappa shape index (κ3) is 4.21. The summed E-state index contributed by atoms with van der Waals surface area (Å²) in [6, 6.07) is 15.9. The van der Waals surface area contributed by atoms with E-state index >= 15 is 0 Å². The van der Waals surface area contributed by atoms with Gasteiger partial charge in [-0.1, -0.05) is 29.8 Å². The molecule has 0 spiro atoms. The van der Waals surface area contributed by atoms with Gasteiger partial charge in [0.05, 0.1) is 10.6 Å². The van der Waals surface area contributed by atoms with Crippen LogP contribution in [0, 0.1) is 10.1 Å². The summed E-state index contributed by atoms with van der Waals surface area (Å²) in [6.45, 7) is 0. The smallest absolute Gasteiger partial charge is 0.287 e. The van der Waals surface area contributed by atoms with Crippen LogP contribution in [0.25, 0.3) is 6.08 Å². The largest absolute Gasteiger partial charge is 0.438 e. The van der Waals surface area contributed by atoms with E-state index in [0.29, 0.717) is 16.3 Å². The Kier molecular flexibility index (Phi) is 5.33. The normalized spacial score (nSPS) is 14.6. The minimum absolute atomic E-state index is 0.0979. The van der Waals surface area contributed by atoms with Gasteiger partial charge in [-0.05, 0) is 36.4 Å². The van der Waals surface area contributed by atoms with Gasteiger partial charge in [-0.15, -0.1) is 0 Å². The van der Waals surface area contributed by atoms with E-state index in [4.69, 9.17) is 16.3 Å². The number of amides is 2. The van der Waals surface area contributed by atoms with Gasteiger partial charge < -0.3 is 4.74 Å². The zero-order chi connectivity index (χ0) is 22.0. The van der Waals surface area contributed by atoms with E-state index in [1.165, 1.54) is 24.3 Å². The van der Waals surface area contributed by atoms with Crippen molar-refractivity contribution < 1.29 is 19.2 Å². The van der Waals surface area contributed by atoms with E-state index in [1.807, 2.05) is 0 Å². The second kappa shape index (κ2) is 8.25. The molecule has 2 amide bonds. The standard InChI is InChI=1S/C21H13ClN4O5/c22-14-6-8-18(31-19-9-7-16(12-23-19)26(29)30)13(10-14)11-17-20(27)24-25(21(17)28)15-4-2-1-3-5-15/h1-12H,(H,24,27). The van der Waals surface area contributed by atoms with Crippen LogP contribution in [0.1, 0.15) is 5.56 Å². The molecule has 9 nitrogen and oxygen atoms in total. The number of nitro groups is 1. The number of nitrogens with zero attached hydrogens (tertiary/aromatic N) is 3. The molecule has 1 N–H and O–H groups in total. The minimum Gasteiger partial charge on any atom is -0.438 e. The van der Waals surface area contributed by atoms with Crippen LogP contribution < -0.4 is 15.2 Å². The number of nitrogens with one attached hydrogen (secondary N) is 1. The van der Waals surface area contributed by atoms with Crippen molar-refractivity contribution in [2.45, 2.75) is 0 Å². The Hall–Kier alpha value is -4.24. The number of carbonyl (C=O) groups excluding carboxylic acids is 2. The lowest BCUT2D eigenvalue weighted by Gasteiger charge is -2.14. The van der Waals surface area contributed by atoms with Crippen LogP contribution >= 0.6 is 11.6 Å². The summed E-state index contributed by atoms with van der Waals surface area (Å²) >= 11 is 6.09. The molecule has 0 aliphatic carbocycles. The quantitative estimate of drug-likeness (QED) is 0.281. The molecule has 2 heterocycles. The number of halogens is 1. The summed E-state index contributed by atoms with van der Waals surface area (Å²) in [4.78, 5) is 39.3. The zero-order valence-electron chi connectivity index (χ0n) is 15.7. The van der Waals surface area contributed by atoms with E-state index in [1.54, 1.807) is 42.5 Å². The van der Waals surface area contributed by atoms with Crippen molar-refractivity contribution >= 4 is 40.9 Å². The summed E-state index contributed by atoms with van der Waals surface area (Å²) in [5, 5.41) is 12.3. The highest BCUT2D eigenvalue weighted by molar-refractivity contribution is 6.32. The number of pyridine rings is 1. The first kappa shape index (κ1) is 20.0. The van der Waals surface area contributed by atoms with Crippen molar-refractivity contribution in [1.29, 1.82) is 0 Å². The molecule has 3 aromatic rings. The van der Waals surface area contributed by atoms with Crippen LogP contribution in [0.15, 0.2) is 72.4 Å². The van der Waals surface area contributed by atoms with Gasteiger partial charge in [0, 0.05) is 22.7 Å². The van der Waals surface area contributed by atoms with Crippen LogP contribution in [-0.2, 0) is 9.59 Å². The lowest BCUT2D eigenvalue weighted by atomic mass is 10.1. The van der Waals surface area contributed by atoms with Crippen molar-refractivity contribution in [2.75, 3.05) is 5.01 Å². The Labute approximate surface area is 180 Å². The van der Waals surface area contributed by atoms with Gasteiger partial charge in [0.25, 0.3) is 17.5 Å². The summed E-state index contributed by atoms with van der Waals surface area (Å²) < 4.78 is 5.70. The van der Waals surface area contributed by atoms with Crippen LogP contribution in [-0.4, -0.2) is 21.7 Å². The van der Waals surface area contributed by atoms with Crippen molar-refractivity contribution in [1.82, 2.24) is 10.4 Å². The average Bonchev–Trinajstić information content (AvgIpc) is 3.05. The van der Waals surface area contributed by atoms with Crippen LogP contribution in [0.5, 0.6) is 11.6 Å². The minimum atomic E-state index is -0.576. The Morgan fingerprint density at radius 2 is 1.87 bits per heavy atom. The summed E-state index contributed by atoms with van der Waals surface area (Å²) in [7, 11) is 0. The van der Waals surface area contributed by atoms with Crippen molar-refractivity contribution in [3.05, 3.63) is 93.1 Å². The van der Waals surface area contributed by atoms with Crippen LogP contribution in [0.3, 0.4) is 0 Å². The molecule has 2 aromatic carbocycles. The Bertz CT molecular complexity index is 1210. The Morgan fingerprint density at radius 3 is 2.55 bits per heavy atom. The van der Waals surface area contributed by atoms with Crippen LogP contribution in [0.2, 0.25) is 5.02 Å². The SMILES string of the molecule is O=C1NN(c2ccccc2)C(=O)C1=Cc1cc(Cl)ccc1Oc1ccc([N+](=O)[O-])cn1. The highest BCUT2D eigenvalue weighted by atomic mass is 35.5. The van der Waals surface area contributed by atoms with Gasteiger partial charge in [-0.3, -0.25) is 25.1 Å². The number of rotatable bonds is 5. The molecule has 0 bridgehead atoms. The second-order valence-corrected chi connectivity index (χ2v) is 6.81. The molecule has 1 aliphatic heterocycles. The average molecular weight is 437 g/mol. The Morgan fingerprint density at radius 1 is 1.10 bits per heavy atom. The number of benzene rings is 2. The number of anilines is 1. The number of carbonyl (C=O) groups is 2. The molecule has 0 radical (unpaired) electrons. The molecule has 31 heavy (non-hydrogen) atoms. The number of aromatic nitrogens is 1. The first-order chi connectivity index (χ1) is 14.9. The highest BCUT2D eigenvalue weighted by Crippen LogP contribution is 2.31. The fraction of sp³-hybridized carbons (Fsp3) is 0. The summed E-state index contributed by atoms with van der Waals surface area (Å²) in [5.74, 6) is -0.749. The van der Waals surface area contributed by atoms with Crippen molar-refractivity contribution in [2.24, 2.45) is 0 Å². The van der Waals surface area contributed by atoms with Gasteiger partial charge in [0.1, 0.15) is 17.5 Å². The second-order valence-electron chi connectivity index (χ2n) is 6.37. The molecular weight excluding hydrogens is 424 g/mol. The van der Waals surface area contributed by atoms with E-state index < -0.39 is 16.7 Å². The predicted octanol–water partition coefficient (Wildman–Crippen LogP) is 3.90. The number of hydrogen-bond acceptors (Lipinski definition) is 6. The molecule has 1 saturated heterocycles. The van der Waals surface area contributed by atoms with Gasteiger partial charge in [0.2, 0.25) is 5.88 Å². The monoisotopic (exact) mass is 436 g/mol. The fourth-order valence-electron chi connectivity index (χ4n) is 2.85. The fourth-order valence-corrected chi connectivity index (χ4v) is 3.03. The zero-order valence-corrected chi connectivity index (χ0v) is 16.4. The maximum Gasteiger partial charge on any atom is 0.287 e. The maximum atomic E-state index is 12.8. The third-order valence-electron chi connectivity index (χ3n) is 4.32. The first-order valence-corrected chi connectivity index (χ1v) is 9.30. The molecule has 154 valence electrons. The number of para-hydroxylation sites is 1. The molecule has 1 aliphatic rings. The molecule has 10 heteroatoms. The number of hydrogen-bond donors (Lipinski definition) is 1. The van der Waals surface area contributed by atoms with Crippen LogP contribution in [0.4, 0.5) is 11.4 Å². The van der Waals surface area contributed by atoms with Gasteiger partial charge in [-0.25, -0.2) is 9.99 Å². The number of ether oxygens (including phenoxy) is 1. The molecule has 0 saturated carbocycles. The molecule has 4 rings (SSSR count). The summed E-state index contributed by atoms with van der Waals surface area (Å²) in [5.41, 5.74) is 3.11. The summed E-state index contributed by atoms with van der Waals surface area (Å²) in [6.07, 6.45) is 2.43. The third-order valence-corrected chi connectivity index (χ3v) is 4.56. The highest BCUT2D eigenvalue weighted by Gasteiger charge is 2.34. The lowest BCUT2D eigenvalue weighted by Crippen LogP contribution is -2.35. The van der Waals surface area contributed by atoms with Gasteiger partial charge in [0.15, 0.2) is 0 Å². The molecule has 1 fully saturated rings. The Balaban J connectivity index is 1.66. The number of hydrazine groups is 1. The lowest BCUT2D eigenvalue weighted by molar-refractivity contribution is -0.385. The molecule has 0 atom stereocenters. The molecule has 1 aromatic heterocycles. The van der Waals surface area contributed by atoms with Gasteiger partial charge in [-0.2, -0.15) is 0 Å². The van der Waals surface area contributed by atoms with E-state index in [2.05, 4.69) is 10.4 Å². The molecule has 0 unspecified atom stereocenters. The topological polar surface area (TPSA) is 115 Å². The van der Waals surface area contributed by atoms with E-state index in [0.717, 1.165) is 11.2 Å². The van der Waals surface area contributed by atoms with Crippen molar-refractivity contribution in [3.8, 4) is 11.6 Å². The van der Waals surface area contributed by atoms with E-state index in [-0.39, 0.29) is 22.9 Å². The first-order valence-electron chi connectivity index (χ1n) is 8.92. The van der Waals surface area contributed by atoms with Crippen molar-refractivity contribution in [3.63, 3.8) is 0 Å². The molecular formula is C21H13ClN4O5. The van der Waals surface area contributed by atoms with E-state index in [9.17, 15) is 19.7 Å². The predicted molar refractivity (Wildman–Crippen MR) is 112 cm³/mol. The maximum absolute atomic E-state index is 12.8. The van der Waals surface area contributed by atoms with Gasteiger partial charge >= 0.3 is 0 Å².